The van der Waals surface area contributed by atoms with E-state index in [0.717, 1.165) is 22.6 Å². The Hall–Kier alpha value is -2.60. The van der Waals surface area contributed by atoms with Gasteiger partial charge in [0.05, 0.1) is 22.6 Å². The summed E-state index contributed by atoms with van der Waals surface area (Å²) in [4.78, 5) is 12.4. The summed E-state index contributed by atoms with van der Waals surface area (Å²) in [6, 6.07) is 9.50. The van der Waals surface area contributed by atoms with Gasteiger partial charge in [-0.15, -0.1) is 0 Å². The van der Waals surface area contributed by atoms with Crippen molar-refractivity contribution in [2.45, 2.75) is 33.4 Å². The van der Waals surface area contributed by atoms with Gasteiger partial charge < -0.3 is 5.32 Å². The van der Waals surface area contributed by atoms with Gasteiger partial charge in [0.1, 0.15) is 6.04 Å². The summed E-state index contributed by atoms with van der Waals surface area (Å²) in [5.41, 5.74) is 3.93. The van der Waals surface area contributed by atoms with Crippen molar-refractivity contribution >= 4 is 17.5 Å². The number of benzene rings is 1. The summed E-state index contributed by atoms with van der Waals surface area (Å²) in [7, 11) is 0. The first-order chi connectivity index (χ1) is 12.0. The third kappa shape index (κ3) is 3.58. The van der Waals surface area contributed by atoms with Crippen LogP contribution >= 0.6 is 11.6 Å². The van der Waals surface area contributed by atoms with Gasteiger partial charge in [0.25, 0.3) is 0 Å². The highest BCUT2D eigenvalue weighted by atomic mass is 35.5. The van der Waals surface area contributed by atoms with Crippen molar-refractivity contribution in [1.82, 2.24) is 24.9 Å². The molecule has 0 saturated heterocycles. The van der Waals surface area contributed by atoms with Crippen molar-refractivity contribution in [3.05, 3.63) is 64.7 Å². The van der Waals surface area contributed by atoms with Crippen LogP contribution in [0.15, 0.2) is 42.7 Å². The maximum absolute atomic E-state index is 12.4. The van der Waals surface area contributed by atoms with E-state index < -0.39 is 6.04 Å². The number of nitrogens with one attached hydrogen (secondary N) is 1. The van der Waals surface area contributed by atoms with Crippen LogP contribution in [-0.2, 0) is 11.3 Å². The minimum absolute atomic E-state index is 0.119. The Morgan fingerprint density at radius 3 is 2.64 bits per heavy atom. The topological polar surface area (TPSA) is 64.7 Å². The Morgan fingerprint density at radius 2 is 2.00 bits per heavy atom. The van der Waals surface area contributed by atoms with Crippen molar-refractivity contribution in [1.29, 1.82) is 0 Å². The number of hydrogen-bond acceptors (Lipinski definition) is 3. The molecule has 0 aliphatic heterocycles. The van der Waals surface area contributed by atoms with Crippen molar-refractivity contribution < 1.29 is 4.79 Å². The lowest BCUT2D eigenvalue weighted by molar-refractivity contribution is -0.124. The molecule has 2 aromatic heterocycles. The van der Waals surface area contributed by atoms with E-state index in [9.17, 15) is 4.79 Å². The Morgan fingerprint density at radius 1 is 1.28 bits per heavy atom. The molecule has 2 heterocycles. The summed E-state index contributed by atoms with van der Waals surface area (Å²) in [5.74, 6) is -0.119. The highest BCUT2D eigenvalue weighted by Crippen LogP contribution is 2.18. The lowest BCUT2D eigenvalue weighted by Crippen LogP contribution is -2.31. The minimum Gasteiger partial charge on any atom is -0.350 e. The Kier molecular flexibility index (Phi) is 4.90. The van der Waals surface area contributed by atoms with E-state index in [1.54, 1.807) is 17.8 Å². The Bertz CT molecular complexity index is 884. The van der Waals surface area contributed by atoms with Crippen LogP contribution in [0.2, 0.25) is 5.02 Å². The van der Waals surface area contributed by atoms with E-state index in [4.69, 9.17) is 11.6 Å². The number of halogens is 1. The minimum atomic E-state index is -0.433. The van der Waals surface area contributed by atoms with Crippen LogP contribution in [0.1, 0.15) is 29.9 Å². The predicted molar refractivity (Wildman–Crippen MR) is 96.8 cm³/mol. The lowest BCUT2D eigenvalue weighted by atomic mass is 10.2. The molecule has 0 spiro atoms. The third-order valence-electron chi connectivity index (χ3n) is 4.23. The van der Waals surface area contributed by atoms with Crippen LogP contribution in [0, 0.1) is 13.8 Å². The fraction of sp³-hybridized carbons (Fsp3) is 0.278. The molecule has 1 amide bonds. The van der Waals surface area contributed by atoms with E-state index >= 15 is 0 Å². The van der Waals surface area contributed by atoms with Gasteiger partial charge >= 0.3 is 0 Å². The number of aromatic nitrogens is 4. The van der Waals surface area contributed by atoms with Crippen LogP contribution in [0.4, 0.5) is 0 Å². The van der Waals surface area contributed by atoms with Gasteiger partial charge in [-0.2, -0.15) is 10.2 Å². The van der Waals surface area contributed by atoms with Crippen LogP contribution in [0.5, 0.6) is 0 Å². The SMILES string of the molecule is Cc1nn(-c2ccccc2)c(C)c1CNC(=O)C(C)n1cc(Cl)cn1. The normalized spacial score (nSPS) is 12.2. The average molecular weight is 358 g/mol. The highest BCUT2D eigenvalue weighted by Gasteiger charge is 2.18. The zero-order valence-electron chi connectivity index (χ0n) is 14.4. The molecule has 0 fully saturated rings. The number of carbonyl (C=O) groups is 1. The highest BCUT2D eigenvalue weighted by molar-refractivity contribution is 6.30. The molecular weight excluding hydrogens is 338 g/mol. The van der Waals surface area contributed by atoms with Gasteiger partial charge in [-0.25, -0.2) is 4.68 Å². The second kappa shape index (κ2) is 7.11. The summed E-state index contributed by atoms with van der Waals surface area (Å²) in [5, 5.41) is 12.1. The fourth-order valence-electron chi connectivity index (χ4n) is 2.72. The Labute approximate surface area is 151 Å². The average Bonchev–Trinajstić information content (AvgIpc) is 3.16. The first kappa shape index (κ1) is 17.2. The molecule has 7 heteroatoms. The van der Waals surface area contributed by atoms with Gasteiger partial charge in [0, 0.05) is 24.0 Å². The van der Waals surface area contributed by atoms with Crippen molar-refractivity contribution in [3.63, 3.8) is 0 Å². The van der Waals surface area contributed by atoms with E-state index in [2.05, 4.69) is 15.5 Å². The zero-order chi connectivity index (χ0) is 18.0. The number of nitrogens with zero attached hydrogens (tertiary/aromatic N) is 4. The number of hydrogen-bond donors (Lipinski definition) is 1. The van der Waals surface area contributed by atoms with E-state index in [1.165, 1.54) is 6.20 Å². The smallest absolute Gasteiger partial charge is 0.244 e. The van der Waals surface area contributed by atoms with Gasteiger partial charge in [-0.1, -0.05) is 29.8 Å². The van der Waals surface area contributed by atoms with E-state index in [-0.39, 0.29) is 5.91 Å². The molecule has 0 bridgehead atoms. The van der Waals surface area contributed by atoms with Crippen LogP contribution in [0.3, 0.4) is 0 Å². The maximum atomic E-state index is 12.4. The van der Waals surface area contributed by atoms with Crippen LogP contribution in [0.25, 0.3) is 5.69 Å². The predicted octanol–water partition coefficient (Wildman–Crippen LogP) is 3.22. The molecule has 130 valence electrons. The second-order valence-corrected chi connectivity index (χ2v) is 6.37. The molecule has 6 nitrogen and oxygen atoms in total. The zero-order valence-corrected chi connectivity index (χ0v) is 15.2. The lowest BCUT2D eigenvalue weighted by Gasteiger charge is -2.13. The molecular formula is C18H20ClN5O. The second-order valence-electron chi connectivity index (χ2n) is 5.93. The first-order valence-corrected chi connectivity index (χ1v) is 8.43. The molecule has 1 aromatic carbocycles. The van der Waals surface area contributed by atoms with Crippen LogP contribution < -0.4 is 5.32 Å². The molecule has 0 radical (unpaired) electrons. The first-order valence-electron chi connectivity index (χ1n) is 8.05. The molecule has 1 unspecified atom stereocenters. The largest absolute Gasteiger partial charge is 0.350 e. The molecule has 25 heavy (non-hydrogen) atoms. The van der Waals surface area contributed by atoms with Gasteiger partial charge in [0.2, 0.25) is 5.91 Å². The quantitative estimate of drug-likeness (QED) is 0.762. The van der Waals surface area contributed by atoms with Gasteiger partial charge in [0.15, 0.2) is 0 Å². The van der Waals surface area contributed by atoms with Crippen molar-refractivity contribution in [3.8, 4) is 5.69 Å². The summed E-state index contributed by atoms with van der Waals surface area (Å²) in [6.45, 7) is 6.16. The summed E-state index contributed by atoms with van der Waals surface area (Å²) >= 11 is 5.86. The molecule has 0 aliphatic rings. The standard InChI is InChI=1S/C18H20ClN5O/c1-12-17(13(2)24(22-12)16-7-5-4-6-8-16)10-20-18(25)14(3)23-11-15(19)9-21-23/h4-9,11,14H,10H2,1-3H3,(H,20,25). The third-order valence-corrected chi connectivity index (χ3v) is 4.42. The van der Waals surface area contributed by atoms with Crippen molar-refractivity contribution in [2.75, 3.05) is 0 Å². The molecule has 3 aromatic rings. The fourth-order valence-corrected chi connectivity index (χ4v) is 2.87. The van der Waals surface area contributed by atoms with Gasteiger partial charge in [-0.05, 0) is 32.9 Å². The number of para-hydroxylation sites is 1. The Balaban J connectivity index is 1.73. The summed E-state index contributed by atoms with van der Waals surface area (Å²) < 4.78 is 3.44. The number of rotatable bonds is 5. The maximum Gasteiger partial charge on any atom is 0.244 e. The molecule has 3 rings (SSSR count). The molecule has 0 aliphatic carbocycles. The van der Waals surface area contributed by atoms with E-state index in [0.29, 0.717) is 11.6 Å². The number of aryl methyl sites for hydroxylation is 1. The van der Waals surface area contributed by atoms with Crippen LogP contribution in [-0.4, -0.2) is 25.5 Å². The van der Waals surface area contributed by atoms with E-state index in [1.807, 2.05) is 48.9 Å². The number of carbonyl (C=O) groups excluding carboxylic acids is 1. The summed E-state index contributed by atoms with van der Waals surface area (Å²) in [6.07, 6.45) is 3.15. The monoisotopic (exact) mass is 357 g/mol. The van der Waals surface area contributed by atoms with Gasteiger partial charge in [-0.3, -0.25) is 9.48 Å². The molecule has 1 N–H and O–H groups in total. The molecule has 0 saturated carbocycles. The number of amides is 1. The molecule has 1 atom stereocenters. The van der Waals surface area contributed by atoms with Crippen molar-refractivity contribution in [2.24, 2.45) is 0 Å².